The molecular formula is C10H16Br2O3. The van der Waals surface area contributed by atoms with Crippen LogP contribution in [-0.4, -0.2) is 21.6 Å². The van der Waals surface area contributed by atoms with Crippen LogP contribution in [0.5, 0.6) is 0 Å². The van der Waals surface area contributed by atoms with E-state index in [9.17, 15) is 9.59 Å². The molecule has 0 heterocycles. The van der Waals surface area contributed by atoms with Gasteiger partial charge in [-0.25, -0.2) is 0 Å². The first kappa shape index (κ1) is 15.1. The molecule has 0 saturated carbocycles. The highest BCUT2D eigenvalue weighted by Gasteiger charge is 2.23. The summed E-state index contributed by atoms with van der Waals surface area (Å²) < 4.78 is 4.71. The fraction of sp³-hybridized carbons (Fsp3) is 0.800. The molecule has 0 N–H and O–H groups in total. The second-order valence-electron chi connectivity index (χ2n) is 3.25. The smallest absolute Gasteiger partial charge is 0.327 e. The van der Waals surface area contributed by atoms with Gasteiger partial charge in [0, 0.05) is 0 Å². The molecule has 0 aliphatic carbocycles. The van der Waals surface area contributed by atoms with Gasteiger partial charge in [-0.2, -0.15) is 0 Å². The number of alkyl halides is 2. The summed E-state index contributed by atoms with van der Waals surface area (Å²) >= 11 is 6.36. The Hall–Kier alpha value is 0.1000. The number of rotatable bonds is 6. The third-order valence-electron chi connectivity index (χ3n) is 1.80. The van der Waals surface area contributed by atoms with Crippen molar-refractivity contribution in [2.24, 2.45) is 0 Å². The summed E-state index contributed by atoms with van der Waals surface area (Å²) in [5, 5.41) is 0. The first-order valence-corrected chi connectivity index (χ1v) is 6.89. The van der Waals surface area contributed by atoms with E-state index in [0.717, 1.165) is 12.8 Å². The van der Waals surface area contributed by atoms with Crippen molar-refractivity contribution in [2.45, 2.75) is 49.2 Å². The summed E-state index contributed by atoms with van der Waals surface area (Å²) in [5.74, 6) is -0.996. The van der Waals surface area contributed by atoms with Gasteiger partial charge in [0.25, 0.3) is 0 Å². The maximum atomic E-state index is 11.3. The minimum Gasteiger partial charge on any atom is -0.391 e. The SMILES string of the molecule is CCCC(Br)C(=O)OC(=O)C(Br)CCC. The molecule has 0 amide bonds. The van der Waals surface area contributed by atoms with E-state index in [1.807, 2.05) is 13.8 Å². The first-order valence-electron chi connectivity index (χ1n) is 5.06. The van der Waals surface area contributed by atoms with Crippen LogP contribution in [0, 0.1) is 0 Å². The zero-order chi connectivity index (χ0) is 11.8. The molecule has 0 aromatic rings. The summed E-state index contributed by atoms with van der Waals surface area (Å²) in [6, 6.07) is 0. The zero-order valence-electron chi connectivity index (χ0n) is 8.96. The average Bonchev–Trinajstić information content (AvgIpc) is 2.18. The first-order chi connectivity index (χ1) is 7.02. The highest BCUT2D eigenvalue weighted by molar-refractivity contribution is 9.10. The van der Waals surface area contributed by atoms with Crippen LogP contribution in [-0.2, 0) is 14.3 Å². The van der Waals surface area contributed by atoms with Gasteiger partial charge in [0.1, 0.15) is 9.65 Å². The summed E-state index contributed by atoms with van der Waals surface area (Å²) in [6.45, 7) is 3.93. The summed E-state index contributed by atoms with van der Waals surface area (Å²) in [5.41, 5.74) is 0. The van der Waals surface area contributed by atoms with Crippen LogP contribution in [0.1, 0.15) is 39.5 Å². The predicted octanol–water partition coefficient (Wildman–Crippen LogP) is 3.18. The molecule has 3 nitrogen and oxygen atoms in total. The van der Waals surface area contributed by atoms with E-state index in [4.69, 9.17) is 4.74 Å². The molecule has 0 radical (unpaired) electrons. The topological polar surface area (TPSA) is 43.4 Å². The number of carbonyl (C=O) groups excluding carboxylic acids is 2. The van der Waals surface area contributed by atoms with Gasteiger partial charge >= 0.3 is 11.9 Å². The molecule has 0 spiro atoms. The van der Waals surface area contributed by atoms with Crippen LogP contribution in [0.4, 0.5) is 0 Å². The molecule has 0 fully saturated rings. The van der Waals surface area contributed by atoms with Crippen LogP contribution >= 0.6 is 31.9 Å². The monoisotopic (exact) mass is 342 g/mol. The lowest BCUT2D eigenvalue weighted by Gasteiger charge is -2.10. The van der Waals surface area contributed by atoms with Crippen molar-refractivity contribution in [2.75, 3.05) is 0 Å². The molecule has 15 heavy (non-hydrogen) atoms. The molecule has 0 saturated heterocycles. The second kappa shape index (κ2) is 8.28. The van der Waals surface area contributed by atoms with Crippen LogP contribution < -0.4 is 0 Å². The normalized spacial score (nSPS) is 14.4. The molecule has 88 valence electrons. The number of hydrogen-bond acceptors (Lipinski definition) is 3. The predicted molar refractivity (Wildman–Crippen MR) is 66.3 cm³/mol. The molecule has 0 aromatic heterocycles. The lowest BCUT2D eigenvalue weighted by Crippen LogP contribution is -2.26. The van der Waals surface area contributed by atoms with Crippen molar-refractivity contribution in [3.63, 3.8) is 0 Å². The Morgan fingerprint density at radius 1 is 1.00 bits per heavy atom. The summed E-state index contributed by atoms with van der Waals surface area (Å²) in [4.78, 5) is 21.9. The Balaban J connectivity index is 4.00. The average molecular weight is 344 g/mol. The highest BCUT2D eigenvalue weighted by Crippen LogP contribution is 2.14. The molecule has 2 unspecified atom stereocenters. The van der Waals surface area contributed by atoms with E-state index in [1.54, 1.807) is 0 Å². The van der Waals surface area contributed by atoms with Crippen molar-refractivity contribution in [3.05, 3.63) is 0 Å². The van der Waals surface area contributed by atoms with Gasteiger partial charge in [0.2, 0.25) is 0 Å². The maximum absolute atomic E-state index is 11.3. The Morgan fingerprint density at radius 2 is 1.33 bits per heavy atom. The molecule has 0 rings (SSSR count). The van der Waals surface area contributed by atoms with Crippen LogP contribution in [0.15, 0.2) is 0 Å². The number of carbonyl (C=O) groups is 2. The van der Waals surface area contributed by atoms with Gasteiger partial charge < -0.3 is 4.74 Å². The van der Waals surface area contributed by atoms with E-state index >= 15 is 0 Å². The third kappa shape index (κ3) is 6.30. The number of halogens is 2. The van der Waals surface area contributed by atoms with Crippen LogP contribution in [0.25, 0.3) is 0 Å². The summed E-state index contributed by atoms with van der Waals surface area (Å²) in [6.07, 6.45) is 3.08. The maximum Gasteiger partial charge on any atom is 0.327 e. The van der Waals surface area contributed by atoms with Crippen molar-refractivity contribution in [3.8, 4) is 0 Å². The fourth-order valence-electron chi connectivity index (χ4n) is 0.970. The van der Waals surface area contributed by atoms with Gasteiger partial charge in [0.05, 0.1) is 0 Å². The van der Waals surface area contributed by atoms with Gasteiger partial charge in [-0.15, -0.1) is 0 Å². The largest absolute Gasteiger partial charge is 0.391 e. The van der Waals surface area contributed by atoms with Crippen molar-refractivity contribution >= 4 is 43.8 Å². The molecular weight excluding hydrogens is 328 g/mol. The minimum atomic E-state index is -0.498. The van der Waals surface area contributed by atoms with E-state index in [2.05, 4.69) is 31.9 Å². The Kier molecular flexibility index (Phi) is 8.33. The lowest BCUT2D eigenvalue weighted by molar-refractivity contribution is -0.158. The van der Waals surface area contributed by atoms with Gasteiger partial charge in [-0.3, -0.25) is 9.59 Å². The molecule has 0 aromatic carbocycles. The van der Waals surface area contributed by atoms with Crippen molar-refractivity contribution in [1.82, 2.24) is 0 Å². The Morgan fingerprint density at radius 3 is 1.60 bits per heavy atom. The molecule has 0 aliphatic rings. The number of esters is 2. The van der Waals surface area contributed by atoms with Crippen LogP contribution in [0.2, 0.25) is 0 Å². The van der Waals surface area contributed by atoms with Gasteiger partial charge in [-0.05, 0) is 12.8 Å². The Bertz CT molecular complexity index is 197. The third-order valence-corrected chi connectivity index (χ3v) is 3.46. The van der Waals surface area contributed by atoms with Gasteiger partial charge in [-0.1, -0.05) is 58.5 Å². The minimum absolute atomic E-state index is 0.382. The number of hydrogen-bond donors (Lipinski definition) is 0. The Labute approximate surface area is 107 Å². The lowest BCUT2D eigenvalue weighted by atomic mass is 10.2. The van der Waals surface area contributed by atoms with E-state index in [1.165, 1.54) is 0 Å². The highest BCUT2D eigenvalue weighted by atomic mass is 79.9. The zero-order valence-corrected chi connectivity index (χ0v) is 12.1. The fourth-order valence-corrected chi connectivity index (χ4v) is 2.07. The van der Waals surface area contributed by atoms with E-state index in [-0.39, 0.29) is 9.65 Å². The molecule has 0 aliphatic heterocycles. The van der Waals surface area contributed by atoms with E-state index in [0.29, 0.717) is 12.8 Å². The van der Waals surface area contributed by atoms with E-state index < -0.39 is 11.9 Å². The molecule has 0 bridgehead atoms. The van der Waals surface area contributed by atoms with Crippen molar-refractivity contribution < 1.29 is 14.3 Å². The summed E-state index contributed by atoms with van der Waals surface area (Å²) in [7, 11) is 0. The quantitative estimate of drug-likeness (QED) is 0.422. The van der Waals surface area contributed by atoms with Gasteiger partial charge in [0.15, 0.2) is 0 Å². The number of ether oxygens (including phenoxy) is 1. The molecule has 2 atom stereocenters. The van der Waals surface area contributed by atoms with Crippen molar-refractivity contribution in [1.29, 1.82) is 0 Å². The van der Waals surface area contributed by atoms with Crippen LogP contribution in [0.3, 0.4) is 0 Å². The second-order valence-corrected chi connectivity index (χ2v) is 5.46. The molecule has 5 heteroatoms. The standard InChI is InChI=1S/C10H16Br2O3/c1-3-5-7(11)9(13)15-10(14)8(12)6-4-2/h7-8H,3-6H2,1-2H3.